The lowest BCUT2D eigenvalue weighted by atomic mass is 9.90. The van der Waals surface area contributed by atoms with Crippen molar-refractivity contribution in [3.05, 3.63) is 28.1 Å². The van der Waals surface area contributed by atoms with Gasteiger partial charge in [-0.05, 0) is 44.7 Å². The number of rotatable bonds is 4. The zero-order valence-electron chi connectivity index (χ0n) is 11.5. The molecule has 0 amide bonds. The van der Waals surface area contributed by atoms with E-state index in [1.165, 1.54) is 10.4 Å². The van der Waals surface area contributed by atoms with E-state index in [2.05, 4.69) is 23.4 Å². The van der Waals surface area contributed by atoms with E-state index < -0.39 is 5.41 Å². The lowest BCUT2D eigenvalue weighted by molar-refractivity contribution is -0.148. The maximum Gasteiger partial charge on any atom is 0.317 e. The lowest BCUT2D eigenvalue weighted by Crippen LogP contribution is -2.31. The molecule has 5 heteroatoms. The number of nitrogens with zero attached hydrogens (tertiary/aromatic N) is 1. The van der Waals surface area contributed by atoms with E-state index in [0.717, 1.165) is 10.7 Å². The van der Waals surface area contributed by atoms with Crippen LogP contribution in [0.1, 0.15) is 32.0 Å². The molecular weight excluding hydrogens is 278 g/mol. The van der Waals surface area contributed by atoms with Crippen LogP contribution in [-0.4, -0.2) is 17.6 Å². The Morgan fingerprint density at radius 1 is 1.42 bits per heavy atom. The number of aryl methyl sites for hydroxylation is 1. The van der Waals surface area contributed by atoms with Gasteiger partial charge in [0.15, 0.2) is 0 Å². The minimum Gasteiger partial charge on any atom is -0.465 e. The van der Waals surface area contributed by atoms with Crippen molar-refractivity contribution >= 4 is 28.6 Å². The highest BCUT2D eigenvalue weighted by Gasteiger charge is 2.34. The molecule has 2 rings (SSSR count). The second-order valence-electron chi connectivity index (χ2n) is 4.82. The quantitative estimate of drug-likeness (QED) is 0.800. The van der Waals surface area contributed by atoms with E-state index in [1.807, 2.05) is 26.2 Å². The lowest BCUT2D eigenvalue weighted by Gasteiger charge is -2.19. The Hall–Kier alpha value is -1.20. The summed E-state index contributed by atoms with van der Waals surface area (Å²) in [4.78, 5) is 17.8. The van der Waals surface area contributed by atoms with Crippen LogP contribution in [-0.2, 0) is 14.9 Å². The summed E-state index contributed by atoms with van der Waals surface area (Å²) in [6.07, 6.45) is 0. The molecule has 0 aliphatic rings. The van der Waals surface area contributed by atoms with Gasteiger partial charge < -0.3 is 4.74 Å². The van der Waals surface area contributed by atoms with E-state index in [4.69, 9.17) is 4.74 Å². The third kappa shape index (κ3) is 2.72. The number of thiophene rings is 1. The van der Waals surface area contributed by atoms with E-state index in [9.17, 15) is 4.79 Å². The van der Waals surface area contributed by atoms with Crippen molar-refractivity contribution in [3.63, 3.8) is 0 Å². The van der Waals surface area contributed by atoms with Gasteiger partial charge in [0.05, 0.1) is 17.2 Å². The summed E-state index contributed by atoms with van der Waals surface area (Å²) in [5.41, 5.74) is 1.30. The summed E-state index contributed by atoms with van der Waals surface area (Å²) in [6, 6.07) is 2.08. The van der Waals surface area contributed by atoms with Gasteiger partial charge in [0.2, 0.25) is 0 Å². The van der Waals surface area contributed by atoms with E-state index in [0.29, 0.717) is 6.61 Å². The van der Waals surface area contributed by atoms with Crippen molar-refractivity contribution in [2.75, 3.05) is 6.61 Å². The molecule has 0 radical (unpaired) electrons. The van der Waals surface area contributed by atoms with E-state index in [-0.39, 0.29) is 5.97 Å². The minimum absolute atomic E-state index is 0.227. The predicted molar refractivity (Wildman–Crippen MR) is 79.8 cm³/mol. The number of carbonyl (C=O) groups is 1. The average Bonchev–Trinajstić information content (AvgIpc) is 2.97. The third-order valence-corrected chi connectivity index (χ3v) is 5.00. The van der Waals surface area contributed by atoms with Crippen LogP contribution in [0, 0.1) is 6.92 Å². The fourth-order valence-corrected chi connectivity index (χ4v) is 3.76. The van der Waals surface area contributed by atoms with Crippen LogP contribution >= 0.6 is 22.7 Å². The fourth-order valence-electron chi connectivity index (χ4n) is 1.67. The molecule has 2 heterocycles. The minimum atomic E-state index is -0.698. The summed E-state index contributed by atoms with van der Waals surface area (Å²) in [7, 11) is 0. The van der Waals surface area contributed by atoms with Crippen LogP contribution in [0.3, 0.4) is 0 Å². The number of esters is 1. The van der Waals surface area contributed by atoms with Gasteiger partial charge in [-0.15, -0.1) is 22.7 Å². The highest BCUT2D eigenvalue weighted by Crippen LogP contribution is 2.35. The molecule has 0 N–H and O–H groups in total. The maximum absolute atomic E-state index is 12.0. The molecule has 3 nitrogen and oxygen atoms in total. The number of ether oxygens (including phenoxy) is 1. The van der Waals surface area contributed by atoms with E-state index in [1.54, 1.807) is 22.7 Å². The van der Waals surface area contributed by atoms with Gasteiger partial charge in [-0.3, -0.25) is 4.79 Å². The van der Waals surface area contributed by atoms with Crippen LogP contribution in [0.2, 0.25) is 0 Å². The number of carbonyl (C=O) groups excluding carboxylic acids is 1. The first-order valence-electron chi connectivity index (χ1n) is 6.14. The van der Waals surface area contributed by atoms with Crippen molar-refractivity contribution in [2.45, 2.75) is 33.1 Å². The van der Waals surface area contributed by atoms with Gasteiger partial charge in [0, 0.05) is 5.38 Å². The Balaban J connectivity index is 2.31. The van der Waals surface area contributed by atoms with Crippen molar-refractivity contribution in [3.8, 4) is 9.88 Å². The van der Waals surface area contributed by atoms with Crippen LogP contribution in [0.25, 0.3) is 9.88 Å². The zero-order chi connectivity index (χ0) is 14.0. The van der Waals surface area contributed by atoms with Gasteiger partial charge in [0.25, 0.3) is 0 Å². The van der Waals surface area contributed by atoms with Gasteiger partial charge in [0.1, 0.15) is 10.4 Å². The predicted octanol–water partition coefficient (Wildman–Crippen LogP) is 4.02. The summed E-state index contributed by atoms with van der Waals surface area (Å²) in [5.74, 6) is -0.227. The Labute approximate surface area is 121 Å². The monoisotopic (exact) mass is 295 g/mol. The Morgan fingerprint density at radius 3 is 2.74 bits per heavy atom. The number of hydrogen-bond donors (Lipinski definition) is 0. The van der Waals surface area contributed by atoms with Crippen LogP contribution in [0.5, 0.6) is 0 Å². The summed E-state index contributed by atoms with van der Waals surface area (Å²) < 4.78 is 5.11. The molecule has 0 saturated heterocycles. The molecule has 0 spiro atoms. The van der Waals surface area contributed by atoms with Gasteiger partial charge >= 0.3 is 5.97 Å². The molecule has 2 aromatic heterocycles. The van der Waals surface area contributed by atoms with E-state index >= 15 is 0 Å². The first-order chi connectivity index (χ1) is 8.96. The van der Waals surface area contributed by atoms with Gasteiger partial charge in [-0.25, -0.2) is 4.98 Å². The molecule has 0 fully saturated rings. The molecule has 2 aromatic rings. The summed E-state index contributed by atoms with van der Waals surface area (Å²) >= 11 is 3.25. The molecule has 0 aromatic carbocycles. The second kappa shape index (κ2) is 5.43. The van der Waals surface area contributed by atoms with Crippen LogP contribution in [0.15, 0.2) is 16.8 Å². The van der Waals surface area contributed by atoms with Crippen molar-refractivity contribution < 1.29 is 9.53 Å². The molecule has 0 aliphatic heterocycles. The molecular formula is C14H17NO2S2. The SMILES string of the molecule is CCOC(=O)C(C)(C)c1csc(-c2sccc2C)n1. The number of thiazole rings is 1. The number of hydrogen-bond acceptors (Lipinski definition) is 5. The maximum atomic E-state index is 12.0. The van der Waals surface area contributed by atoms with Crippen molar-refractivity contribution in [2.24, 2.45) is 0 Å². The molecule has 0 bridgehead atoms. The first kappa shape index (κ1) is 14.2. The third-order valence-electron chi connectivity index (χ3n) is 2.99. The molecule has 19 heavy (non-hydrogen) atoms. The van der Waals surface area contributed by atoms with Crippen LogP contribution < -0.4 is 0 Å². The number of aromatic nitrogens is 1. The largest absolute Gasteiger partial charge is 0.465 e. The second-order valence-corrected chi connectivity index (χ2v) is 6.59. The summed E-state index contributed by atoms with van der Waals surface area (Å²) in [6.45, 7) is 7.98. The van der Waals surface area contributed by atoms with Crippen molar-refractivity contribution in [1.82, 2.24) is 4.98 Å². The van der Waals surface area contributed by atoms with Gasteiger partial charge in [-0.2, -0.15) is 0 Å². The molecule has 0 aliphatic carbocycles. The molecule has 0 saturated carbocycles. The highest BCUT2D eigenvalue weighted by atomic mass is 32.1. The van der Waals surface area contributed by atoms with Crippen LogP contribution in [0.4, 0.5) is 0 Å². The Bertz CT molecular complexity index is 584. The Morgan fingerprint density at radius 2 is 2.16 bits per heavy atom. The summed E-state index contributed by atoms with van der Waals surface area (Å²) in [5, 5.41) is 4.98. The van der Waals surface area contributed by atoms with Crippen molar-refractivity contribution in [1.29, 1.82) is 0 Å². The average molecular weight is 295 g/mol. The highest BCUT2D eigenvalue weighted by molar-refractivity contribution is 7.20. The standard InChI is InChI=1S/C14H17NO2S2/c1-5-17-13(16)14(3,4)10-8-19-12(15-10)11-9(2)6-7-18-11/h6-8H,5H2,1-4H3. The normalized spacial score (nSPS) is 11.6. The topological polar surface area (TPSA) is 39.2 Å². The first-order valence-corrected chi connectivity index (χ1v) is 7.90. The molecule has 102 valence electrons. The van der Waals surface area contributed by atoms with Gasteiger partial charge in [-0.1, -0.05) is 0 Å². The molecule has 0 atom stereocenters. The molecule has 0 unspecified atom stereocenters. The fraction of sp³-hybridized carbons (Fsp3) is 0.429. The Kier molecular flexibility index (Phi) is 4.06. The zero-order valence-corrected chi connectivity index (χ0v) is 13.2. The smallest absolute Gasteiger partial charge is 0.317 e.